The number of nitrogens with one attached hydrogen (secondary N) is 2. The summed E-state index contributed by atoms with van der Waals surface area (Å²) in [7, 11) is 0. The predicted octanol–water partition coefficient (Wildman–Crippen LogP) is 2.56. The molecule has 1 fully saturated rings. The van der Waals surface area contributed by atoms with Crippen LogP contribution in [-0.2, 0) is 0 Å². The van der Waals surface area contributed by atoms with Crippen molar-refractivity contribution in [2.24, 2.45) is 5.73 Å². The van der Waals surface area contributed by atoms with E-state index in [0.29, 0.717) is 10.7 Å². The van der Waals surface area contributed by atoms with E-state index in [4.69, 9.17) is 17.3 Å². The SMILES string of the molecule is CC(C)Nc1cc(Cl)ncc1C(=O)N[C@H]1CC[C@H](N)CC1. The maximum absolute atomic E-state index is 12.4. The second-order valence-corrected chi connectivity index (χ2v) is 6.32. The summed E-state index contributed by atoms with van der Waals surface area (Å²) in [6.45, 7) is 4.02. The first kappa shape index (κ1) is 16.0. The summed E-state index contributed by atoms with van der Waals surface area (Å²) >= 11 is 5.92. The Morgan fingerprint density at radius 3 is 2.67 bits per heavy atom. The van der Waals surface area contributed by atoms with Crippen LogP contribution in [0.3, 0.4) is 0 Å². The van der Waals surface area contributed by atoms with Crippen molar-refractivity contribution in [1.29, 1.82) is 0 Å². The molecule has 1 aromatic rings. The Bertz CT molecular complexity index is 498. The average Bonchev–Trinajstić information content (AvgIpc) is 2.40. The van der Waals surface area contributed by atoms with Gasteiger partial charge in [-0.25, -0.2) is 4.98 Å². The van der Waals surface area contributed by atoms with E-state index >= 15 is 0 Å². The highest BCUT2D eigenvalue weighted by Crippen LogP contribution is 2.21. The van der Waals surface area contributed by atoms with Gasteiger partial charge in [0, 0.05) is 24.3 Å². The highest BCUT2D eigenvalue weighted by Gasteiger charge is 2.22. The summed E-state index contributed by atoms with van der Waals surface area (Å²) in [6.07, 6.45) is 5.31. The van der Waals surface area contributed by atoms with E-state index in [0.717, 1.165) is 31.4 Å². The zero-order chi connectivity index (χ0) is 15.4. The largest absolute Gasteiger partial charge is 0.382 e. The van der Waals surface area contributed by atoms with Crippen molar-refractivity contribution in [2.45, 2.75) is 57.7 Å². The number of aromatic nitrogens is 1. The minimum absolute atomic E-state index is 0.109. The molecule has 0 atom stereocenters. The maximum Gasteiger partial charge on any atom is 0.255 e. The number of amides is 1. The molecule has 1 amide bonds. The highest BCUT2D eigenvalue weighted by atomic mass is 35.5. The molecular weight excluding hydrogens is 288 g/mol. The van der Waals surface area contributed by atoms with Crippen LogP contribution in [0.5, 0.6) is 0 Å². The Labute approximate surface area is 130 Å². The van der Waals surface area contributed by atoms with Crippen LogP contribution in [0.25, 0.3) is 0 Å². The lowest BCUT2D eigenvalue weighted by molar-refractivity contribution is 0.0926. The molecule has 21 heavy (non-hydrogen) atoms. The molecule has 4 N–H and O–H groups in total. The molecule has 1 saturated carbocycles. The number of hydrogen-bond donors (Lipinski definition) is 3. The Kier molecular flexibility index (Phi) is 5.42. The molecular formula is C15H23ClN4O. The fourth-order valence-electron chi connectivity index (χ4n) is 2.57. The molecule has 0 aliphatic heterocycles. The molecule has 0 saturated heterocycles. The van der Waals surface area contributed by atoms with Crippen molar-refractivity contribution in [3.8, 4) is 0 Å². The van der Waals surface area contributed by atoms with Crippen molar-refractivity contribution in [1.82, 2.24) is 10.3 Å². The number of anilines is 1. The van der Waals surface area contributed by atoms with Crippen molar-refractivity contribution in [3.05, 3.63) is 23.0 Å². The first-order chi connectivity index (χ1) is 9.95. The third kappa shape index (κ3) is 4.58. The second kappa shape index (κ2) is 7.09. The fourth-order valence-corrected chi connectivity index (χ4v) is 2.73. The van der Waals surface area contributed by atoms with Crippen LogP contribution in [0.1, 0.15) is 49.9 Å². The molecule has 0 unspecified atom stereocenters. The van der Waals surface area contributed by atoms with Gasteiger partial charge < -0.3 is 16.4 Å². The van der Waals surface area contributed by atoms with E-state index in [9.17, 15) is 4.79 Å². The topological polar surface area (TPSA) is 80.0 Å². The average molecular weight is 311 g/mol. The van der Waals surface area contributed by atoms with Crippen LogP contribution in [0.4, 0.5) is 5.69 Å². The van der Waals surface area contributed by atoms with E-state index in [-0.39, 0.29) is 24.0 Å². The van der Waals surface area contributed by atoms with E-state index < -0.39 is 0 Å². The number of pyridine rings is 1. The minimum Gasteiger partial charge on any atom is -0.382 e. The summed E-state index contributed by atoms with van der Waals surface area (Å²) in [6, 6.07) is 2.36. The Morgan fingerprint density at radius 2 is 2.05 bits per heavy atom. The number of nitrogens with zero attached hydrogens (tertiary/aromatic N) is 1. The summed E-state index contributed by atoms with van der Waals surface area (Å²) in [4.78, 5) is 16.5. The van der Waals surface area contributed by atoms with Crippen molar-refractivity contribution < 1.29 is 4.79 Å². The van der Waals surface area contributed by atoms with Crippen LogP contribution in [-0.4, -0.2) is 29.0 Å². The Hall–Kier alpha value is -1.33. The molecule has 0 aromatic carbocycles. The molecule has 5 nitrogen and oxygen atoms in total. The molecule has 1 heterocycles. The van der Waals surface area contributed by atoms with E-state index in [2.05, 4.69) is 15.6 Å². The standard InChI is InChI=1S/C15H23ClN4O/c1-9(2)19-13-7-14(16)18-8-12(13)15(21)20-11-5-3-10(17)4-6-11/h7-11H,3-6,17H2,1-2H3,(H,18,19)(H,20,21)/t10-,11-. The fraction of sp³-hybridized carbons (Fsp3) is 0.600. The number of carbonyl (C=O) groups excluding carboxylic acids is 1. The number of rotatable bonds is 4. The van der Waals surface area contributed by atoms with Crippen LogP contribution < -0.4 is 16.4 Å². The Balaban J connectivity index is 2.07. The summed E-state index contributed by atoms with van der Waals surface area (Å²) < 4.78 is 0. The molecule has 1 aliphatic carbocycles. The zero-order valence-electron chi connectivity index (χ0n) is 12.5. The van der Waals surface area contributed by atoms with Gasteiger partial charge in [0.05, 0.1) is 11.3 Å². The van der Waals surface area contributed by atoms with Gasteiger partial charge in [-0.15, -0.1) is 0 Å². The predicted molar refractivity (Wildman–Crippen MR) is 85.7 cm³/mol. The molecule has 1 aliphatic rings. The number of halogens is 1. The van der Waals surface area contributed by atoms with Crippen LogP contribution in [0.2, 0.25) is 5.15 Å². The molecule has 6 heteroatoms. The number of nitrogens with two attached hydrogens (primary N) is 1. The third-order valence-corrected chi connectivity index (χ3v) is 3.87. The molecule has 1 aromatic heterocycles. The first-order valence-electron chi connectivity index (χ1n) is 7.44. The molecule has 116 valence electrons. The van der Waals surface area contributed by atoms with Crippen molar-refractivity contribution >= 4 is 23.2 Å². The van der Waals surface area contributed by atoms with Gasteiger partial charge in [0.2, 0.25) is 0 Å². The van der Waals surface area contributed by atoms with E-state index in [1.165, 1.54) is 6.20 Å². The lowest BCUT2D eigenvalue weighted by Gasteiger charge is -2.27. The number of carbonyl (C=O) groups is 1. The van der Waals surface area contributed by atoms with Gasteiger partial charge in [0.15, 0.2) is 0 Å². The van der Waals surface area contributed by atoms with Gasteiger partial charge in [-0.1, -0.05) is 11.6 Å². The number of hydrogen-bond acceptors (Lipinski definition) is 4. The molecule has 2 rings (SSSR count). The summed E-state index contributed by atoms with van der Waals surface area (Å²) in [5, 5.41) is 6.68. The van der Waals surface area contributed by atoms with Crippen molar-refractivity contribution in [2.75, 3.05) is 5.32 Å². The third-order valence-electron chi connectivity index (χ3n) is 3.67. The van der Waals surface area contributed by atoms with Gasteiger partial charge in [0.1, 0.15) is 5.15 Å². The lowest BCUT2D eigenvalue weighted by atomic mass is 9.91. The van der Waals surface area contributed by atoms with Gasteiger partial charge >= 0.3 is 0 Å². The monoisotopic (exact) mass is 310 g/mol. The molecule has 0 radical (unpaired) electrons. The van der Waals surface area contributed by atoms with Crippen molar-refractivity contribution in [3.63, 3.8) is 0 Å². The maximum atomic E-state index is 12.4. The van der Waals surface area contributed by atoms with E-state index in [1.807, 2.05) is 13.8 Å². The van der Waals surface area contributed by atoms with Crippen LogP contribution in [0, 0.1) is 0 Å². The minimum atomic E-state index is -0.109. The highest BCUT2D eigenvalue weighted by molar-refractivity contribution is 6.29. The zero-order valence-corrected chi connectivity index (χ0v) is 13.3. The summed E-state index contributed by atoms with van der Waals surface area (Å²) in [5.74, 6) is -0.109. The van der Waals surface area contributed by atoms with Gasteiger partial charge in [-0.05, 0) is 45.6 Å². The van der Waals surface area contributed by atoms with Crippen LogP contribution >= 0.6 is 11.6 Å². The second-order valence-electron chi connectivity index (χ2n) is 5.94. The molecule has 0 spiro atoms. The quantitative estimate of drug-likeness (QED) is 0.747. The van der Waals surface area contributed by atoms with E-state index in [1.54, 1.807) is 6.07 Å². The Morgan fingerprint density at radius 1 is 1.38 bits per heavy atom. The van der Waals surface area contributed by atoms with Gasteiger partial charge in [0.25, 0.3) is 5.91 Å². The first-order valence-corrected chi connectivity index (χ1v) is 7.82. The molecule has 0 bridgehead atoms. The van der Waals surface area contributed by atoms with Gasteiger partial charge in [-0.2, -0.15) is 0 Å². The normalized spacial score (nSPS) is 22.1. The smallest absolute Gasteiger partial charge is 0.255 e. The lowest BCUT2D eigenvalue weighted by Crippen LogP contribution is -2.40. The summed E-state index contributed by atoms with van der Waals surface area (Å²) in [5.41, 5.74) is 7.14. The van der Waals surface area contributed by atoms with Gasteiger partial charge in [-0.3, -0.25) is 4.79 Å². The van der Waals surface area contributed by atoms with Crippen LogP contribution in [0.15, 0.2) is 12.3 Å².